The number of rotatable bonds is 6. The summed E-state index contributed by atoms with van der Waals surface area (Å²) in [5.74, 6) is 0.653. The molecule has 4 rings (SSSR count). The van der Waals surface area contributed by atoms with Crippen LogP contribution in [0, 0.1) is 5.82 Å². The van der Waals surface area contributed by atoms with E-state index >= 15 is 0 Å². The highest BCUT2D eigenvalue weighted by Gasteiger charge is 2.23. The fourth-order valence-corrected chi connectivity index (χ4v) is 4.32. The van der Waals surface area contributed by atoms with Gasteiger partial charge in [0.1, 0.15) is 5.82 Å². The van der Waals surface area contributed by atoms with Crippen molar-refractivity contribution in [3.63, 3.8) is 0 Å². The Morgan fingerprint density at radius 1 is 1.17 bits per heavy atom. The first-order valence-electron chi connectivity index (χ1n) is 9.48. The number of carbonyl (C=O) groups excluding carboxylic acids is 1. The summed E-state index contributed by atoms with van der Waals surface area (Å²) in [5, 5.41) is 9.16. The number of anilines is 1. The number of hydrogen-bond acceptors (Lipinski definition) is 4. The number of aryl methyl sites for hydroxylation is 1. The van der Waals surface area contributed by atoms with Crippen LogP contribution >= 0.6 is 11.8 Å². The first kappa shape index (κ1) is 19.4. The third kappa shape index (κ3) is 4.10. The third-order valence-corrected chi connectivity index (χ3v) is 5.82. The van der Waals surface area contributed by atoms with Gasteiger partial charge in [0.05, 0.1) is 5.75 Å². The van der Waals surface area contributed by atoms with Gasteiger partial charge in [-0.1, -0.05) is 36.0 Å². The van der Waals surface area contributed by atoms with Crippen LogP contribution in [0.15, 0.2) is 66.3 Å². The number of aromatic nitrogens is 3. The first-order valence-corrected chi connectivity index (χ1v) is 10.5. The van der Waals surface area contributed by atoms with Gasteiger partial charge in [-0.05, 0) is 48.7 Å². The first-order chi connectivity index (χ1) is 14.2. The molecule has 1 aromatic heterocycles. The number of nitrogens with zero attached hydrogens (tertiary/aromatic N) is 4. The van der Waals surface area contributed by atoms with Crippen LogP contribution in [0.3, 0.4) is 0 Å². The van der Waals surface area contributed by atoms with Crippen molar-refractivity contribution in [2.45, 2.75) is 24.5 Å². The van der Waals surface area contributed by atoms with E-state index in [2.05, 4.69) is 22.8 Å². The van der Waals surface area contributed by atoms with Crippen molar-refractivity contribution in [1.82, 2.24) is 14.8 Å². The molecule has 148 valence electrons. The molecular formula is C22H21FN4OS. The maximum Gasteiger partial charge on any atom is 0.237 e. The lowest BCUT2D eigenvalue weighted by Crippen LogP contribution is -2.36. The number of benzene rings is 2. The lowest BCUT2D eigenvalue weighted by Gasteiger charge is -2.29. The molecule has 0 atom stereocenters. The molecule has 1 amide bonds. The zero-order valence-corrected chi connectivity index (χ0v) is 16.7. The second-order valence-electron chi connectivity index (χ2n) is 6.78. The molecule has 3 aromatic rings. The van der Waals surface area contributed by atoms with Crippen LogP contribution in [0.25, 0.3) is 11.4 Å². The molecule has 0 saturated heterocycles. The van der Waals surface area contributed by atoms with Crippen molar-refractivity contribution in [3.05, 3.63) is 72.6 Å². The Balaban J connectivity index is 1.52. The standard InChI is InChI=1S/C22H21FN4OS/c1-2-13-27-21(17-9-11-18(23)12-10-17)24-25-22(27)29-15-20(28)26-14-5-7-16-6-3-4-8-19(16)26/h2-4,6,8-12H,1,5,7,13-15H2. The molecule has 1 aliphatic rings. The highest BCUT2D eigenvalue weighted by atomic mass is 32.2. The minimum absolute atomic E-state index is 0.0543. The summed E-state index contributed by atoms with van der Waals surface area (Å²) in [7, 11) is 0. The smallest absolute Gasteiger partial charge is 0.237 e. The Kier molecular flexibility index (Phi) is 5.76. The predicted octanol–water partition coefficient (Wildman–Crippen LogP) is 4.34. The maximum atomic E-state index is 13.2. The molecule has 7 heteroatoms. The summed E-state index contributed by atoms with van der Waals surface area (Å²) in [6.45, 7) is 5.03. The van der Waals surface area contributed by atoms with Crippen LogP contribution in [-0.2, 0) is 17.8 Å². The second kappa shape index (κ2) is 8.61. The van der Waals surface area contributed by atoms with Gasteiger partial charge < -0.3 is 4.90 Å². The van der Waals surface area contributed by atoms with Crippen LogP contribution in [0.5, 0.6) is 0 Å². The highest BCUT2D eigenvalue weighted by Crippen LogP contribution is 2.29. The van der Waals surface area contributed by atoms with Gasteiger partial charge in [-0.2, -0.15) is 0 Å². The average Bonchev–Trinajstić information content (AvgIpc) is 3.15. The zero-order valence-electron chi connectivity index (χ0n) is 15.9. The van der Waals surface area contributed by atoms with Crippen molar-refractivity contribution < 1.29 is 9.18 Å². The number of halogens is 1. The van der Waals surface area contributed by atoms with Gasteiger partial charge in [0.25, 0.3) is 0 Å². The van der Waals surface area contributed by atoms with Gasteiger partial charge in [0.15, 0.2) is 11.0 Å². The molecule has 0 aliphatic carbocycles. The molecule has 0 bridgehead atoms. The van der Waals surface area contributed by atoms with E-state index in [1.165, 1.54) is 29.5 Å². The summed E-state index contributed by atoms with van der Waals surface area (Å²) in [5.41, 5.74) is 2.98. The molecule has 0 fully saturated rings. The Morgan fingerprint density at radius 2 is 1.97 bits per heavy atom. The molecule has 2 aromatic carbocycles. The quantitative estimate of drug-likeness (QED) is 0.450. The third-order valence-electron chi connectivity index (χ3n) is 4.87. The van der Waals surface area contributed by atoms with Gasteiger partial charge >= 0.3 is 0 Å². The largest absolute Gasteiger partial charge is 0.311 e. The van der Waals surface area contributed by atoms with Gasteiger partial charge in [-0.25, -0.2) is 4.39 Å². The second-order valence-corrected chi connectivity index (χ2v) is 7.72. The Labute approximate surface area is 173 Å². The summed E-state index contributed by atoms with van der Waals surface area (Å²) in [6, 6.07) is 14.2. The molecule has 0 saturated carbocycles. The minimum Gasteiger partial charge on any atom is -0.311 e. The van der Waals surface area contributed by atoms with E-state index in [9.17, 15) is 9.18 Å². The van der Waals surface area contributed by atoms with Crippen LogP contribution < -0.4 is 4.90 Å². The van der Waals surface area contributed by atoms with Gasteiger partial charge in [0.2, 0.25) is 5.91 Å². The Morgan fingerprint density at radius 3 is 2.76 bits per heavy atom. The van der Waals surface area contributed by atoms with Crippen molar-refractivity contribution in [1.29, 1.82) is 0 Å². The van der Waals surface area contributed by atoms with Crippen LogP contribution in [-0.4, -0.2) is 33.0 Å². The lowest BCUT2D eigenvalue weighted by atomic mass is 10.0. The molecule has 0 unspecified atom stereocenters. The summed E-state index contributed by atoms with van der Waals surface area (Å²) < 4.78 is 15.1. The maximum absolute atomic E-state index is 13.2. The fraction of sp³-hybridized carbons (Fsp3) is 0.227. The number of carbonyl (C=O) groups is 1. The van der Waals surface area contributed by atoms with Crippen molar-refractivity contribution in [2.75, 3.05) is 17.2 Å². The molecule has 0 N–H and O–H groups in total. The van der Waals surface area contributed by atoms with Crippen molar-refractivity contribution >= 4 is 23.4 Å². The lowest BCUT2D eigenvalue weighted by molar-refractivity contribution is -0.116. The van der Waals surface area contributed by atoms with E-state index in [1.807, 2.05) is 27.7 Å². The molecule has 29 heavy (non-hydrogen) atoms. The SMILES string of the molecule is C=CCn1c(SCC(=O)N2CCCc3ccccc32)nnc1-c1ccc(F)cc1. The number of fused-ring (bicyclic) bond motifs is 1. The fourth-order valence-electron chi connectivity index (χ4n) is 3.50. The monoisotopic (exact) mass is 408 g/mol. The van der Waals surface area contributed by atoms with E-state index < -0.39 is 0 Å². The molecule has 1 aliphatic heterocycles. The number of thioether (sulfide) groups is 1. The van der Waals surface area contributed by atoms with E-state index in [-0.39, 0.29) is 17.5 Å². The number of amides is 1. The highest BCUT2D eigenvalue weighted by molar-refractivity contribution is 7.99. The molecule has 2 heterocycles. The average molecular weight is 409 g/mol. The number of allylic oxidation sites excluding steroid dienone is 1. The van der Waals surface area contributed by atoms with E-state index in [0.717, 1.165) is 30.6 Å². The van der Waals surface area contributed by atoms with E-state index in [0.29, 0.717) is 17.5 Å². The number of para-hydroxylation sites is 1. The topological polar surface area (TPSA) is 51.0 Å². The van der Waals surface area contributed by atoms with Crippen LogP contribution in [0.1, 0.15) is 12.0 Å². The normalized spacial score (nSPS) is 13.2. The Hall–Kier alpha value is -2.93. The van der Waals surface area contributed by atoms with Crippen molar-refractivity contribution in [3.8, 4) is 11.4 Å². The van der Waals surface area contributed by atoms with E-state index in [4.69, 9.17) is 0 Å². The van der Waals surface area contributed by atoms with Gasteiger partial charge in [-0.15, -0.1) is 16.8 Å². The van der Waals surface area contributed by atoms with Gasteiger partial charge in [0, 0.05) is 24.3 Å². The van der Waals surface area contributed by atoms with Crippen LogP contribution in [0.2, 0.25) is 0 Å². The minimum atomic E-state index is -0.300. The number of hydrogen-bond donors (Lipinski definition) is 0. The van der Waals surface area contributed by atoms with Crippen molar-refractivity contribution in [2.24, 2.45) is 0 Å². The Bertz CT molecular complexity index is 1030. The van der Waals surface area contributed by atoms with E-state index in [1.54, 1.807) is 18.2 Å². The molecular weight excluding hydrogens is 387 g/mol. The molecule has 0 spiro atoms. The summed E-state index contributed by atoms with van der Waals surface area (Å²) in [4.78, 5) is 14.8. The summed E-state index contributed by atoms with van der Waals surface area (Å²) in [6.07, 6.45) is 3.72. The predicted molar refractivity (Wildman–Crippen MR) is 113 cm³/mol. The molecule has 5 nitrogen and oxygen atoms in total. The molecule has 0 radical (unpaired) electrons. The zero-order chi connectivity index (χ0) is 20.2. The van der Waals surface area contributed by atoms with Crippen LogP contribution in [0.4, 0.5) is 10.1 Å². The summed E-state index contributed by atoms with van der Waals surface area (Å²) >= 11 is 1.36. The van der Waals surface area contributed by atoms with Gasteiger partial charge in [-0.3, -0.25) is 9.36 Å².